The first-order chi connectivity index (χ1) is 10.6. The standard InChI is InChI=1S/C15H18N6O.2ClH/c1-12(22)15(11-17)5-2-8-21(15)20-7-6-18-14-4-3-13(9-16)10-19-14;;/h3-4,10,20H,2,5-8H2,1H3,(H,18,19);2*1H/t15-;;/m0../s1. The molecule has 1 aliphatic heterocycles. The maximum atomic E-state index is 11.8. The molecule has 1 aliphatic rings. The molecule has 1 aromatic heterocycles. The summed E-state index contributed by atoms with van der Waals surface area (Å²) < 4.78 is 0. The fourth-order valence-corrected chi connectivity index (χ4v) is 2.54. The van der Waals surface area contributed by atoms with E-state index in [1.165, 1.54) is 13.1 Å². The number of nitriles is 2. The number of Topliss-reactive ketones (excluding diaryl/α,β-unsaturated/α-hetero) is 1. The predicted molar refractivity (Wildman–Crippen MR) is 94.9 cm³/mol. The van der Waals surface area contributed by atoms with Crippen molar-refractivity contribution in [3.63, 3.8) is 0 Å². The van der Waals surface area contributed by atoms with Crippen LogP contribution in [-0.4, -0.2) is 40.9 Å². The first-order valence-corrected chi connectivity index (χ1v) is 7.16. The number of ketones is 1. The van der Waals surface area contributed by atoms with E-state index in [0.29, 0.717) is 37.4 Å². The molecular formula is C15H20Cl2N6O. The van der Waals surface area contributed by atoms with Gasteiger partial charge in [0.1, 0.15) is 11.9 Å². The van der Waals surface area contributed by atoms with Gasteiger partial charge in [-0.1, -0.05) is 0 Å². The van der Waals surface area contributed by atoms with E-state index in [0.717, 1.165) is 6.42 Å². The minimum Gasteiger partial charge on any atom is -0.369 e. The molecule has 0 saturated carbocycles. The maximum absolute atomic E-state index is 11.8. The van der Waals surface area contributed by atoms with E-state index in [9.17, 15) is 10.1 Å². The Morgan fingerprint density at radius 2 is 2.12 bits per heavy atom. The second-order valence-electron chi connectivity index (χ2n) is 5.16. The van der Waals surface area contributed by atoms with Crippen LogP contribution in [0.4, 0.5) is 5.82 Å². The van der Waals surface area contributed by atoms with Gasteiger partial charge >= 0.3 is 0 Å². The number of carbonyl (C=O) groups is 1. The van der Waals surface area contributed by atoms with Gasteiger partial charge in [0.2, 0.25) is 0 Å². The first kappa shape index (κ1) is 22.1. The molecule has 2 heterocycles. The monoisotopic (exact) mass is 370 g/mol. The number of hydrazine groups is 1. The van der Waals surface area contributed by atoms with E-state index in [4.69, 9.17) is 5.26 Å². The van der Waals surface area contributed by atoms with Crippen molar-refractivity contribution in [2.75, 3.05) is 25.0 Å². The van der Waals surface area contributed by atoms with Crippen LogP contribution in [-0.2, 0) is 4.79 Å². The summed E-state index contributed by atoms with van der Waals surface area (Å²) in [6.45, 7) is 3.30. The number of anilines is 1. The summed E-state index contributed by atoms with van der Waals surface area (Å²) in [5.74, 6) is 0.557. The predicted octanol–water partition coefficient (Wildman–Crippen LogP) is 1.66. The Hall–Kier alpha value is -1.90. The van der Waals surface area contributed by atoms with E-state index in [2.05, 4.69) is 21.8 Å². The number of carbonyl (C=O) groups excluding carboxylic acids is 1. The zero-order chi connectivity index (χ0) is 16.0. The minimum absolute atomic E-state index is 0. The van der Waals surface area contributed by atoms with Crippen molar-refractivity contribution < 1.29 is 4.79 Å². The van der Waals surface area contributed by atoms with Gasteiger partial charge < -0.3 is 5.32 Å². The largest absolute Gasteiger partial charge is 0.369 e. The number of halogens is 2. The molecule has 0 aromatic carbocycles. The Bertz CT molecular complexity index is 624. The third-order valence-electron chi connectivity index (χ3n) is 3.77. The second-order valence-corrected chi connectivity index (χ2v) is 5.16. The number of aromatic nitrogens is 1. The van der Waals surface area contributed by atoms with Crippen LogP contribution in [0.2, 0.25) is 0 Å². The highest BCUT2D eigenvalue weighted by atomic mass is 35.5. The highest BCUT2D eigenvalue weighted by Crippen LogP contribution is 2.27. The van der Waals surface area contributed by atoms with Crippen molar-refractivity contribution >= 4 is 36.4 Å². The zero-order valence-corrected chi connectivity index (χ0v) is 14.9. The topological polar surface area (TPSA) is 105 Å². The molecule has 1 atom stereocenters. The molecule has 130 valence electrons. The number of hydrogen-bond acceptors (Lipinski definition) is 7. The zero-order valence-electron chi connectivity index (χ0n) is 13.3. The van der Waals surface area contributed by atoms with Crippen molar-refractivity contribution in [3.05, 3.63) is 23.9 Å². The van der Waals surface area contributed by atoms with Crippen molar-refractivity contribution in [2.24, 2.45) is 0 Å². The third-order valence-corrected chi connectivity index (χ3v) is 3.77. The molecule has 9 heteroatoms. The molecule has 1 saturated heterocycles. The summed E-state index contributed by atoms with van der Waals surface area (Å²) in [5.41, 5.74) is 2.62. The van der Waals surface area contributed by atoms with E-state index < -0.39 is 5.54 Å². The lowest BCUT2D eigenvalue weighted by atomic mass is 9.94. The maximum Gasteiger partial charge on any atom is 0.179 e. The van der Waals surface area contributed by atoms with E-state index >= 15 is 0 Å². The molecule has 2 rings (SSSR count). The number of pyridine rings is 1. The normalized spacial score (nSPS) is 19.3. The van der Waals surface area contributed by atoms with Crippen molar-refractivity contribution in [1.29, 1.82) is 10.5 Å². The van der Waals surface area contributed by atoms with Crippen molar-refractivity contribution in [2.45, 2.75) is 25.3 Å². The first-order valence-electron chi connectivity index (χ1n) is 7.16. The minimum atomic E-state index is -1.04. The molecule has 0 bridgehead atoms. The van der Waals surface area contributed by atoms with E-state index in [1.807, 2.05) is 6.07 Å². The van der Waals surface area contributed by atoms with Crippen LogP contribution in [0.25, 0.3) is 0 Å². The summed E-state index contributed by atoms with van der Waals surface area (Å²) in [5, 5.41) is 22.9. The molecule has 24 heavy (non-hydrogen) atoms. The fraction of sp³-hybridized carbons (Fsp3) is 0.467. The number of nitrogens with one attached hydrogen (secondary N) is 2. The molecular weight excluding hydrogens is 351 g/mol. The number of rotatable bonds is 6. The molecule has 0 amide bonds. The van der Waals surface area contributed by atoms with E-state index in [-0.39, 0.29) is 30.6 Å². The van der Waals surface area contributed by atoms with Crippen molar-refractivity contribution in [3.8, 4) is 12.1 Å². The lowest BCUT2D eigenvalue weighted by molar-refractivity contribution is -0.125. The summed E-state index contributed by atoms with van der Waals surface area (Å²) in [6.07, 6.45) is 2.90. The Balaban J connectivity index is 0.00000264. The van der Waals surface area contributed by atoms with Crippen LogP contribution in [0.3, 0.4) is 0 Å². The second kappa shape index (κ2) is 10.1. The van der Waals surface area contributed by atoms with Gasteiger partial charge in [0.05, 0.1) is 11.6 Å². The van der Waals surface area contributed by atoms with Gasteiger partial charge in [-0.2, -0.15) is 10.5 Å². The summed E-state index contributed by atoms with van der Waals surface area (Å²) in [4.78, 5) is 15.9. The summed E-state index contributed by atoms with van der Waals surface area (Å²) in [7, 11) is 0. The average Bonchev–Trinajstić information content (AvgIpc) is 2.96. The van der Waals surface area contributed by atoms with Gasteiger partial charge in [0, 0.05) is 25.8 Å². The molecule has 0 radical (unpaired) electrons. The van der Waals surface area contributed by atoms with Gasteiger partial charge in [0.15, 0.2) is 11.3 Å². The average molecular weight is 371 g/mol. The Morgan fingerprint density at radius 3 is 2.67 bits per heavy atom. The van der Waals surface area contributed by atoms with Gasteiger partial charge in [-0.3, -0.25) is 10.2 Å². The number of nitrogens with zero attached hydrogens (tertiary/aromatic N) is 4. The highest BCUT2D eigenvalue weighted by molar-refractivity contribution is 5.89. The Labute approximate surface area is 153 Å². The molecule has 1 aromatic rings. The third kappa shape index (κ3) is 4.80. The lowest BCUT2D eigenvalue weighted by Crippen LogP contribution is -2.55. The van der Waals surface area contributed by atoms with Crippen molar-refractivity contribution in [1.82, 2.24) is 15.4 Å². The van der Waals surface area contributed by atoms with Crippen LogP contribution in [0.1, 0.15) is 25.3 Å². The SMILES string of the molecule is CC(=O)[C@@]1(C#N)CCCN1NCCNc1ccc(C#N)cn1.Cl.Cl. The van der Waals surface area contributed by atoms with Gasteiger partial charge in [-0.25, -0.2) is 9.99 Å². The smallest absolute Gasteiger partial charge is 0.179 e. The quantitative estimate of drug-likeness (QED) is 0.733. The van der Waals surface area contributed by atoms with Gasteiger partial charge in [-0.05, 0) is 31.9 Å². The van der Waals surface area contributed by atoms with Gasteiger partial charge in [0.25, 0.3) is 0 Å². The van der Waals surface area contributed by atoms with Crippen LogP contribution >= 0.6 is 24.8 Å². The van der Waals surface area contributed by atoms with E-state index in [1.54, 1.807) is 17.1 Å². The Kier molecular flexibility index (Phi) is 9.27. The molecule has 0 spiro atoms. The molecule has 7 nitrogen and oxygen atoms in total. The van der Waals surface area contributed by atoms with Crippen LogP contribution < -0.4 is 10.7 Å². The summed E-state index contributed by atoms with van der Waals surface area (Å²) in [6, 6.07) is 7.60. The summed E-state index contributed by atoms with van der Waals surface area (Å²) >= 11 is 0. The molecule has 0 aliphatic carbocycles. The molecule has 1 fully saturated rings. The fourth-order valence-electron chi connectivity index (χ4n) is 2.54. The van der Waals surface area contributed by atoms with Gasteiger partial charge in [-0.15, -0.1) is 24.8 Å². The molecule has 2 N–H and O–H groups in total. The van der Waals surface area contributed by atoms with Crippen LogP contribution in [0, 0.1) is 22.7 Å². The molecule has 0 unspecified atom stereocenters. The van der Waals surface area contributed by atoms with Crippen LogP contribution in [0.5, 0.6) is 0 Å². The highest BCUT2D eigenvalue weighted by Gasteiger charge is 2.45. The number of hydrogen-bond donors (Lipinski definition) is 2. The van der Waals surface area contributed by atoms with Crippen LogP contribution in [0.15, 0.2) is 18.3 Å². The lowest BCUT2D eigenvalue weighted by Gasteiger charge is -2.30. The Morgan fingerprint density at radius 1 is 1.38 bits per heavy atom.